The summed E-state index contributed by atoms with van der Waals surface area (Å²) in [5.41, 5.74) is 9.21. The normalized spacial score (nSPS) is 17.3. The summed E-state index contributed by atoms with van der Waals surface area (Å²) < 4.78 is 6.01. The van der Waals surface area contributed by atoms with Crippen LogP contribution in [-0.2, 0) is 11.2 Å². The van der Waals surface area contributed by atoms with Crippen molar-refractivity contribution in [2.75, 3.05) is 32.5 Å². The number of hydrogen-bond acceptors (Lipinski definition) is 6. The molecule has 3 amide bonds. The number of ether oxygens (including phenoxy) is 1. The number of aryl methyl sites for hydroxylation is 1. The molecule has 7 nitrogen and oxygen atoms in total. The molecule has 0 radical (unpaired) electrons. The molecule has 166 valence electrons. The van der Waals surface area contributed by atoms with E-state index in [1.165, 1.54) is 24.0 Å². The minimum atomic E-state index is -0.264. The predicted octanol–water partition coefficient (Wildman–Crippen LogP) is 2.83. The summed E-state index contributed by atoms with van der Waals surface area (Å²) in [5.74, 6) is 1.57. The van der Waals surface area contributed by atoms with Crippen molar-refractivity contribution in [2.24, 2.45) is 5.92 Å². The van der Waals surface area contributed by atoms with Gasteiger partial charge in [0.25, 0.3) is 0 Å². The summed E-state index contributed by atoms with van der Waals surface area (Å²) in [6, 6.07) is 6.25. The van der Waals surface area contributed by atoms with E-state index in [0.717, 1.165) is 50.5 Å². The zero-order chi connectivity index (χ0) is 21.3. The SMILES string of the molecule is CSC(Cc1ccc(C)c(OCC2CC2)c1)NNCCCCCN1CC(=O)NC1=O. The number of benzene rings is 1. The van der Waals surface area contributed by atoms with E-state index in [-0.39, 0.29) is 23.9 Å². The number of carbonyl (C=O) groups excluding carboxylic acids is 2. The second-order valence-corrected chi connectivity index (χ2v) is 9.23. The zero-order valence-corrected chi connectivity index (χ0v) is 18.9. The van der Waals surface area contributed by atoms with Gasteiger partial charge in [-0.2, -0.15) is 0 Å². The van der Waals surface area contributed by atoms with Crippen molar-refractivity contribution < 1.29 is 14.3 Å². The molecule has 0 aromatic heterocycles. The van der Waals surface area contributed by atoms with Gasteiger partial charge in [-0.3, -0.25) is 15.5 Å². The Balaban J connectivity index is 1.30. The van der Waals surface area contributed by atoms with Gasteiger partial charge in [0.15, 0.2) is 0 Å². The third-order valence-corrected chi connectivity index (χ3v) is 6.34. The molecule has 1 heterocycles. The van der Waals surface area contributed by atoms with E-state index in [0.29, 0.717) is 6.54 Å². The Hall–Kier alpha value is -1.77. The van der Waals surface area contributed by atoms with Crippen LogP contribution < -0.4 is 20.9 Å². The Morgan fingerprint density at radius 1 is 1.27 bits per heavy atom. The van der Waals surface area contributed by atoms with Gasteiger partial charge < -0.3 is 9.64 Å². The third-order valence-electron chi connectivity index (χ3n) is 5.49. The highest BCUT2D eigenvalue weighted by atomic mass is 32.2. The van der Waals surface area contributed by atoms with Gasteiger partial charge in [-0.05, 0) is 68.4 Å². The van der Waals surface area contributed by atoms with Crippen LogP contribution in [0.5, 0.6) is 5.75 Å². The quantitative estimate of drug-likeness (QED) is 0.181. The van der Waals surface area contributed by atoms with Gasteiger partial charge in [0.05, 0.1) is 12.0 Å². The summed E-state index contributed by atoms with van der Waals surface area (Å²) in [7, 11) is 0. The highest BCUT2D eigenvalue weighted by Crippen LogP contribution is 2.30. The molecule has 1 saturated heterocycles. The number of imide groups is 1. The molecule has 1 aliphatic carbocycles. The lowest BCUT2D eigenvalue weighted by atomic mass is 10.1. The Morgan fingerprint density at radius 2 is 2.10 bits per heavy atom. The molecule has 1 aromatic rings. The number of hydrogen-bond donors (Lipinski definition) is 3. The second-order valence-electron chi connectivity index (χ2n) is 8.19. The van der Waals surface area contributed by atoms with Crippen LogP contribution in [0.4, 0.5) is 4.79 Å². The Labute approximate surface area is 183 Å². The Kier molecular flexibility index (Phi) is 8.84. The lowest BCUT2D eigenvalue weighted by Crippen LogP contribution is -2.40. The first-order chi connectivity index (χ1) is 14.5. The van der Waals surface area contributed by atoms with E-state index in [2.05, 4.69) is 47.5 Å². The number of urea groups is 1. The molecule has 3 N–H and O–H groups in total. The van der Waals surface area contributed by atoms with Gasteiger partial charge in [-0.25, -0.2) is 10.2 Å². The summed E-state index contributed by atoms with van der Waals surface area (Å²) in [4.78, 5) is 24.2. The molecule has 1 aromatic carbocycles. The lowest BCUT2D eigenvalue weighted by Gasteiger charge is -2.18. The highest BCUT2D eigenvalue weighted by molar-refractivity contribution is 7.99. The summed E-state index contributed by atoms with van der Waals surface area (Å²) in [6.45, 7) is 4.64. The van der Waals surface area contributed by atoms with Crippen LogP contribution in [0.15, 0.2) is 18.2 Å². The smallest absolute Gasteiger partial charge is 0.324 e. The van der Waals surface area contributed by atoms with Crippen molar-refractivity contribution in [1.82, 2.24) is 21.1 Å². The molecular formula is C22H34N4O3S. The molecule has 8 heteroatoms. The standard InChI is InChI=1S/C22H34N4O3S/c1-16-6-7-18(12-19(16)29-15-17-8-9-17)13-21(30-2)25-23-10-4-3-5-11-26-14-20(27)24-22(26)28/h6-7,12,17,21,23,25H,3-5,8-11,13-15H2,1-2H3,(H,24,27,28). The van der Waals surface area contributed by atoms with Crippen molar-refractivity contribution in [1.29, 1.82) is 0 Å². The van der Waals surface area contributed by atoms with E-state index in [1.807, 2.05) is 0 Å². The number of hydrazine groups is 1. The first-order valence-corrected chi connectivity index (χ1v) is 12.2. The van der Waals surface area contributed by atoms with Crippen LogP contribution in [-0.4, -0.2) is 54.7 Å². The largest absolute Gasteiger partial charge is 0.493 e. The van der Waals surface area contributed by atoms with E-state index >= 15 is 0 Å². The maximum Gasteiger partial charge on any atom is 0.324 e. The highest BCUT2D eigenvalue weighted by Gasteiger charge is 2.25. The monoisotopic (exact) mass is 434 g/mol. The average molecular weight is 435 g/mol. The topological polar surface area (TPSA) is 82.7 Å². The fourth-order valence-electron chi connectivity index (χ4n) is 3.37. The van der Waals surface area contributed by atoms with Gasteiger partial charge in [0, 0.05) is 13.1 Å². The molecule has 2 fully saturated rings. The molecule has 30 heavy (non-hydrogen) atoms. The molecule has 1 aliphatic heterocycles. The number of rotatable bonds is 14. The molecular weight excluding hydrogens is 400 g/mol. The second kappa shape index (κ2) is 11.6. The summed E-state index contributed by atoms with van der Waals surface area (Å²) in [5, 5.41) is 2.58. The number of nitrogens with zero attached hydrogens (tertiary/aromatic N) is 1. The predicted molar refractivity (Wildman–Crippen MR) is 121 cm³/mol. The van der Waals surface area contributed by atoms with Crippen LogP contribution in [0.2, 0.25) is 0 Å². The van der Waals surface area contributed by atoms with Crippen molar-refractivity contribution in [2.45, 2.75) is 50.8 Å². The van der Waals surface area contributed by atoms with Crippen molar-refractivity contribution in [3.05, 3.63) is 29.3 Å². The lowest BCUT2D eigenvalue weighted by molar-refractivity contribution is -0.118. The number of nitrogens with one attached hydrogen (secondary N) is 3. The molecule has 1 unspecified atom stereocenters. The number of carbonyl (C=O) groups is 2. The Morgan fingerprint density at radius 3 is 2.80 bits per heavy atom. The van der Waals surface area contributed by atoms with Crippen LogP contribution >= 0.6 is 11.8 Å². The summed E-state index contributed by atoms with van der Waals surface area (Å²) in [6.07, 6.45) is 8.57. The summed E-state index contributed by atoms with van der Waals surface area (Å²) >= 11 is 1.79. The first kappa shape index (κ1) is 22.9. The van der Waals surface area contributed by atoms with Crippen molar-refractivity contribution in [3.63, 3.8) is 0 Å². The van der Waals surface area contributed by atoms with Crippen molar-refractivity contribution in [3.8, 4) is 5.75 Å². The van der Waals surface area contributed by atoms with Gasteiger partial charge in [-0.1, -0.05) is 18.6 Å². The van der Waals surface area contributed by atoms with Crippen molar-refractivity contribution >= 4 is 23.7 Å². The van der Waals surface area contributed by atoms with Gasteiger partial charge in [0.2, 0.25) is 5.91 Å². The van der Waals surface area contributed by atoms with Crippen LogP contribution in [0.25, 0.3) is 0 Å². The van der Waals surface area contributed by atoms with Gasteiger partial charge in [-0.15, -0.1) is 11.8 Å². The molecule has 0 bridgehead atoms. The molecule has 3 rings (SSSR count). The van der Waals surface area contributed by atoms with E-state index in [4.69, 9.17) is 4.74 Å². The number of amides is 3. The van der Waals surface area contributed by atoms with Gasteiger partial charge in [0.1, 0.15) is 12.3 Å². The Bertz CT molecular complexity index is 726. The van der Waals surface area contributed by atoms with Crippen LogP contribution in [0.3, 0.4) is 0 Å². The van der Waals surface area contributed by atoms with Crippen LogP contribution in [0.1, 0.15) is 43.2 Å². The van der Waals surface area contributed by atoms with E-state index in [9.17, 15) is 9.59 Å². The van der Waals surface area contributed by atoms with E-state index in [1.54, 1.807) is 16.7 Å². The number of unbranched alkanes of at least 4 members (excludes halogenated alkanes) is 2. The first-order valence-electron chi connectivity index (χ1n) is 10.9. The minimum Gasteiger partial charge on any atom is -0.493 e. The third kappa shape index (κ3) is 7.49. The molecule has 2 aliphatic rings. The number of thioether (sulfide) groups is 1. The fraction of sp³-hybridized carbons (Fsp3) is 0.636. The zero-order valence-electron chi connectivity index (χ0n) is 18.0. The minimum absolute atomic E-state index is 0.195. The average Bonchev–Trinajstić information content (AvgIpc) is 3.50. The maximum atomic E-state index is 11.5. The molecule has 1 atom stereocenters. The fourth-order valence-corrected chi connectivity index (χ4v) is 3.93. The molecule has 0 spiro atoms. The van der Waals surface area contributed by atoms with Crippen LogP contribution in [0, 0.1) is 12.8 Å². The molecule has 1 saturated carbocycles. The maximum absolute atomic E-state index is 11.5. The van der Waals surface area contributed by atoms with Gasteiger partial charge >= 0.3 is 6.03 Å². The van der Waals surface area contributed by atoms with E-state index < -0.39 is 0 Å².